The molecule has 4 rings (SSSR count). The first kappa shape index (κ1) is 22.9. The van der Waals surface area contributed by atoms with Gasteiger partial charge < -0.3 is 9.29 Å². The van der Waals surface area contributed by atoms with Gasteiger partial charge in [-0.25, -0.2) is 8.42 Å². The molecule has 1 saturated heterocycles. The van der Waals surface area contributed by atoms with Gasteiger partial charge >= 0.3 is 51.4 Å². The zero-order chi connectivity index (χ0) is 20.1. The van der Waals surface area contributed by atoms with Crippen LogP contribution in [0, 0.1) is 6.92 Å². The molecule has 0 bridgehead atoms. The third kappa shape index (κ3) is 4.63. The van der Waals surface area contributed by atoms with Crippen LogP contribution < -0.4 is 65.9 Å². The minimum absolute atomic E-state index is 0. The number of hydrogen-bond donors (Lipinski definition) is 0. The van der Waals surface area contributed by atoms with Crippen molar-refractivity contribution in [3.63, 3.8) is 0 Å². The van der Waals surface area contributed by atoms with E-state index in [0.717, 1.165) is 17.3 Å². The van der Waals surface area contributed by atoms with Crippen LogP contribution in [0.2, 0.25) is 0 Å². The number of carbonyl (C=O) groups is 1. The second-order valence-corrected chi connectivity index (χ2v) is 9.18. The van der Waals surface area contributed by atoms with Crippen molar-refractivity contribution < 1.29 is 73.9 Å². The number of fused-ring (bicyclic) bond motifs is 1. The number of para-hydroxylation sites is 2. The average molecular weight is 473 g/mol. The molecule has 2 aromatic carbocycles. The molecule has 0 aliphatic carbocycles. The fraction of sp³-hybridized carbons (Fsp3) is 0.111. The summed E-state index contributed by atoms with van der Waals surface area (Å²) >= 11 is 6.36. The van der Waals surface area contributed by atoms with Crippen LogP contribution in [0.25, 0.3) is 0 Å². The number of thiocarbonyl (C=S) groups is 1. The first-order valence-electron chi connectivity index (χ1n) is 8.10. The van der Waals surface area contributed by atoms with E-state index >= 15 is 0 Å². The fourth-order valence-corrected chi connectivity index (χ4v) is 4.79. The third-order valence-corrected chi connectivity index (χ3v) is 6.07. The number of hydrogen-bond acceptors (Lipinski definition) is 8. The molecule has 1 amide bonds. The normalized spacial score (nSPS) is 18.6. The van der Waals surface area contributed by atoms with E-state index in [1.807, 2.05) is 19.1 Å². The minimum Gasteiger partial charge on any atom is -0.747 e. The van der Waals surface area contributed by atoms with Crippen LogP contribution >= 0.6 is 24.0 Å². The Kier molecular flexibility index (Phi) is 6.93. The summed E-state index contributed by atoms with van der Waals surface area (Å²) in [5.74, 6) is -0.933. The Morgan fingerprint density at radius 1 is 1.14 bits per heavy atom. The van der Waals surface area contributed by atoms with Crippen LogP contribution in [-0.2, 0) is 14.9 Å². The number of aryl methyl sites for hydroxylation is 1. The summed E-state index contributed by atoms with van der Waals surface area (Å²) in [7, 11) is -4.62. The van der Waals surface area contributed by atoms with Crippen molar-refractivity contribution in [3.8, 4) is 5.75 Å². The van der Waals surface area contributed by atoms with Gasteiger partial charge in [-0.15, -0.1) is 0 Å². The van der Waals surface area contributed by atoms with Gasteiger partial charge in [0, 0.05) is 0 Å². The molecule has 0 saturated carbocycles. The third-order valence-electron chi connectivity index (χ3n) is 4.15. The number of anilines is 2. The van der Waals surface area contributed by atoms with E-state index in [9.17, 15) is 17.8 Å². The zero-order valence-electron chi connectivity index (χ0n) is 15.5. The number of carbonyl (C=O) groups excluding carboxylic acids is 1. The van der Waals surface area contributed by atoms with E-state index in [1.54, 1.807) is 36.4 Å². The van der Waals surface area contributed by atoms with Gasteiger partial charge in [-0.1, -0.05) is 42.0 Å². The van der Waals surface area contributed by atoms with E-state index in [-0.39, 0.29) is 62.2 Å². The summed E-state index contributed by atoms with van der Waals surface area (Å²) < 4.78 is 40.3. The molecule has 0 unspecified atom stereocenters. The maximum Gasteiger partial charge on any atom is 1.00 e. The average Bonchev–Trinajstić information content (AvgIpc) is 3.12. The van der Waals surface area contributed by atoms with Crippen molar-refractivity contribution >= 4 is 55.7 Å². The molecule has 0 aromatic heterocycles. The molecule has 29 heavy (non-hydrogen) atoms. The van der Waals surface area contributed by atoms with Crippen molar-refractivity contribution in [2.24, 2.45) is 0 Å². The van der Waals surface area contributed by atoms with Gasteiger partial charge in [0.25, 0.3) is 5.91 Å². The fourth-order valence-electron chi connectivity index (χ4n) is 2.90. The van der Waals surface area contributed by atoms with E-state index < -0.39 is 21.9 Å². The second-order valence-electron chi connectivity index (χ2n) is 6.16. The second kappa shape index (κ2) is 8.77. The SMILES string of the molecule is Cc1ccc(N2C(=O)/C(=C3/Oc4ccccc4N3CS(=O)(=O)[O-])SC2=S)cc1.[K+]. The van der Waals surface area contributed by atoms with Gasteiger partial charge in [-0.2, -0.15) is 0 Å². The monoisotopic (exact) mass is 472 g/mol. The maximum atomic E-state index is 13.1. The number of nitrogens with zero attached hydrogens (tertiary/aromatic N) is 2. The summed E-state index contributed by atoms with van der Waals surface area (Å²) in [5.41, 5.74) is 2.04. The van der Waals surface area contributed by atoms with Crippen molar-refractivity contribution in [2.75, 3.05) is 15.7 Å². The molecule has 2 heterocycles. The van der Waals surface area contributed by atoms with Gasteiger partial charge in [0.15, 0.2) is 10.1 Å². The van der Waals surface area contributed by atoms with Gasteiger partial charge in [0.05, 0.1) is 11.4 Å². The molecule has 0 atom stereocenters. The van der Waals surface area contributed by atoms with Crippen molar-refractivity contribution in [3.05, 3.63) is 64.9 Å². The number of ether oxygens (including phenoxy) is 1. The van der Waals surface area contributed by atoms with Crippen LogP contribution in [-0.4, -0.2) is 29.1 Å². The molecule has 0 N–H and O–H groups in total. The summed E-state index contributed by atoms with van der Waals surface area (Å²) in [6, 6.07) is 13.9. The van der Waals surface area contributed by atoms with Crippen molar-refractivity contribution in [2.45, 2.75) is 6.92 Å². The molecule has 2 aliphatic rings. The number of amides is 1. The first-order valence-corrected chi connectivity index (χ1v) is 10.9. The molecule has 7 nitrogen and oxygen atoms in total. The molecular weight excluding hydrogens is 460 g/mol. The van der Waals surface area contributed by atoms with Gasteiger partial charge in [0.2, 0.25) is 5.88 Å². The Bertz CT molecular complexity index is 1130. The topological polar surface area (TPSA) is 90.0 Å². The van der Waals surface area contributed by atoms with E-state index in [4.69, 9.17) is 17.0 Å². The van der Waals surface area contributed by atoms with Crippen LogP contribution in [0.15, 0.2) is 59.3 Å². The van der Waals surface area contributed by atoms with E-state index in [1.165, 1.54) is 9.80 Å². The number of thioether (sulfide) groups is 1. The first-order chi connectivity index (χ1) is 13.2. The van der Waals surface area contributed by atoms with E-state index in [2.05, 4.69) is 0 Å². The van der Waals surface area contributed by atoms with Crippen LogP contribution in [0.4, 0.5) is 11.4 Å². The minimum atomic E-state index is -4.62. The molecule has 144 valence electrons. The van der Waals surface area contributed by atoms with Crippen LogP contribution in [0.1, 0.15) is 5.56 Å². The predicted molar refractivity (Wildman–Crippen MR) is 110 cm³/mol. The Balaban J connectivity index is 0.00000240. The van der Waals surface area contributed by atoms with Gasteiger partial charge in [0.1, 0.15) is 20.9 Å². The summed E-state index contributed by atoms with van der Waals surface area (Å²) in [6.45, 7) is 1.93. The molecule has 11 heteroatoms. The zero-order valence-corrected chi connectivity index (χ0v) is 21.1. The standard InChI is InChI=1S/C18H14N2O5S3.K/c1-11-6-8-12(9-7-11)20-16(21)15(27-18(20)26)17-19(10-28(22,23)24)13-4-2-3-5-14(13)25-17;/h2-9H,10H2,1H3,(H,22,23,24);/q;+1/p-1/b17-15-;. The van der Waals surface area contributed by atoms with Crippen molar-refractivity contribution in [1.82, 2.24) is 0 Å². The Morgan fingerprint density at radius 3 is 2.45 bits per heavy atom. The summed E-state index contributed by atoms with van der Waals surface area (Å²) in [6.07, 6.45) is 0. The summed E-state index contributed by atoms with van der Waals surface area (Å²) in [4.78, 5) is 15.8. The van der Waals surface area contributed by atoms with Crippen molar-refractivity contribution in [1.29, 1.82) is 0 Å². The smallest absolute Gasteiger partial charge is 0.747 e. The Labute approximate surface area is 220 Å². The van der Waals surface area contributed by atoms with Crippen LogP contribution in [0.3, 0.4) is 0 Å². The largest absolute Gasteiger partial charge is 1.00 e. The Hall–Kier alpha value is -0.764. The van der Waals surface area contributed by atoms with Gasteiger partial charge in [-0.3, -0.25) is 14.6 Å². The molecular formula is C18H13KN2O5S3. The number of benzene rings is 2. The van der Waals surface area contributed by atoms with Gasteiger partial charge in [-0.05, 0) is 43.0 Å². The molecule has 2 aliphatic heterocycles. The Morgan fingerprint density at radius 2 is 1.79 bits per heavy atom. The molecule has 0 radical (unpaired) electrons. The molecule has 0 spiro atoms. The molecule has 1 fully saturated rings. The number of rotatable bonds is 3. The predicted octanol–water partition coefficient (Wildman–Crippen LogP) is -0.0655. The summed E-state index contributed by atoms with van der Waals surface area (Å²) in [5, 5.41) is 0. The molecule has 2 aromatic rings. The van der Waals surface area contributed by atoms with Crippen LogP contribution in [0.5, 0.6) is 5.75 Å². The quantitative estimate of drug-likeness (QED) is 0.266. The maximum absolute atomic E-state index is 13.1. The van der Waals surface area contributed by atoms with E-state index in [0.29, 0.717) is 21.4 Å².